The predicted molar refractivity (Wildman–Crippen MR) is 156 cm³/mol. The number of hydrogen-bond acceptors (Lipinski definition) is 15. The molecule has 1 fully saturated rings. The van der Waals surface area contributed by atoms with Crippen molar-refractivity contribution < 1.29 is 65.8 Å². The second-order valence-corrected chi connectivity index (χ2v) is 14.5. The highest BCUT2D eigenvalue weighted by molar-refractivity contribution is 7.66. The number of fused-ring (bicyclic) bond motifs is 1. The summed E-state index contributed by atoms with van der Waals surface area (Å²) in [4.78, 5) is 64.4. The van der Waals surface area contributed by atoms with Crippen LogP contribution in [0.15, 0.2) is 36.9 Å². The van der Waals surface area contributed by atoms with Crippen molar-refractivity contribution in [3.05, 3.63) is 42.5 Å². The lowest BCUT2D eigenvalue weighted by atomic mass is 10.0. The Kier molecular flexibility index (Phi) is 11.0. The summed E-state index contributed by atoms with van der Waals surface area (Å²) < 4.78 is 59.6. The molecule has 0 bridgehead atoms. The van der Waals surface area contributed by atoms with Gasteiger partial charge >= 0.3 is 23.5 Å². The van der Waals surface area contributed by atoms with Crippen LogP contribution in [0.4, 0.5) is 5.82 Å². The number of nitrogens with zero attached hydrogens (tertiary/aromatic N) is 5. The fraction of sp³-hybridized carbons (Fsp3) is 0.455. The Morgan fingerprint density at radius 3 is 2.37 bits per heavy atom. The molecule has 8 N–H and O–H groups in total. The van der Waals surface area contributed by atoms with E-state index in [0.717, 1.165) is 0 Å². The molecule has 254 valence electrons. The van der Waals surface area contributed by atoms with Crippen molar-refractivity contribution in [1.29, 1.82) is 0 Å². The van der Waals surface area contributed by atoms with Gasteiger partial charge in [-0.25, -0.2) is 28.6 Å². The molecule has 3 heterocycles. The highest BCUT2D eigenvalue weighted by Gasteiger charge is 2.48. The Bertz CT molecular complexity index is 1690. The average Bonchev–Trinajstić information content (AvgIpc) is 3.50. The molecule has 0 saturated carbocycles. The molecule has 1 aromatic carbocycles. The molecule has 0 aliphatic carbocycles. The number of ether oxygens (including phenoxy) is 2. The molecule has 0 spiro atoms. The highest BCUT2D eigenvalue weighted by Crippen LogP contribution is 2.66. The summed E-state index contributed by atoms with van der Waals surface area (Å²) in [5, 5.41) is 13.9. The van der Waals surface area contributed by atoms with Crippen molar-refractivity contribution in [2.45, 2.75) is 36.9 Å². The second kappa shape index (κ2) is 14.1. The third-order valence-electron chi connectivity index (χ3n) is 6.49. The van der Waals surface area contributed by atoms with Gasteiger partial charge < -0.3 is 50.1 Å². The van der Waals surface area contributed by atoms with E-state index in [-0.39, 0.29) is 12.1 Å². The van der Waals surface area contributed by atoms with Crippen LogP contribution < -0.4 is 20.7 Å². The Hall–Kier alpha value is -2.87. The van der Waals surface area contributed by atoms with E-state index in [1.54, 1.807) is 43.3 Å². The summed E-state index contributed by atoms with van der Waals surface area (Å²) in [7, 11) is -12.1. The summed E-state index contributed by atoms with van der Waals surface area (Å²) in [6.07, 6.45) is -1.74. The monoisotopic (exact) mass is 711 g/mol. The summed E-state index contributed by atoms with van der Waals surface area (Å²) in [5.41, 5.74) is 7.37. The Morgan fingerprint density at radius 1 is 1.09 bits per heavy atom. The molecule has 1 amide bonds. The highest BCUT2D eigenvalue weighted by atomic mass is 31.3. The van der Waals surface area contributed by atoms with Crippen LogP contribution in [-0.4, -0.2) is 102 Å². The maximum Gasteiger partial charge on any atom is 0.490 e. The third-order valence-corrected chi connectivity index (χ3v) is 10.3. The number of anilines is 1. The summed E-state index contributed by atoms with van der Waals surface area (Å²) >= 11 is 0. The Labute approximate surface area is 260 Å². The molecule has 0 radical (unpaired) electrons. The molecule has 1 saturated heterocycles. The zero-order valence-corrected chi connectivity index (χ0v) is 27.0. The maximum atomic E-state index is 13.2. The van der Waals surface area contributed by atoms with Crippen molar-refractivity contribution in [2.24, 2.45) is 5.73 Å². The molecule has 7 unspecified atom stereocenters. The van der Waals surface area contributed by atoms with Crippen LogP contribution in [0.2, 0.25) is 0 Å². The molecular formula is C22H32N7O14P3. The van der Waals surface area contributed by atoms with E-state index in [1.807, 2.05) is 0 Å². The van der Waals surface area contributed by atoms with E-state index in [0.29, 0.717) is 22.6 Å². The van der Waals surface area contributed by atoms with Gasteiger partial charge in [-0.1, -0.05) is 12.1 Å². The van der Waals surface area contributed by atoms with Gasteiger partial charge in [0.05, 0.1) is 32.1 Å². The van der Waals surface area contributed by atoms with E-state index < -0.39 is 66.5 Å². The quantitative estimate of drug-likeness (QED) is 0.104. The molecule has 24 heteroatoms. The number of hydrogen-bond donors (Lipinski definition) is 7. The van der Waals surface area contributed by atoms with Crippen LogP contribution in [-0.2, 0) is 42.8 Å². The van der Waals surface area contributed by atoms with E-state index >= 15 is 0 Å². The van der Waals surface area contributed by atoms with Gasteiger partial charge in [-0.3, -0.25) is 13.9 Å². The van der Waals surface area contributed by atoms with Crippen LogP contribution in [0.5, 0.6) is 5.75 Å². The van der Waals surface area contributed by atoms with Crippen molar-refractivity contribution in [3.63, 3.8) is 0 Å². The number of rotatable bonds is 14. The average molecular weight is 711 g/mol. The van der Waals surface area contributed by atoms with Crippen LogP contribution in [0, 0.1) is 0 Å². The van der Waals surface area contributed by atoms with Crippen LogP contribution in [0.1, 0.15) is 11.8 Å². The first kappa shape index (κ1) is 36.0. The first-order valence-corrected chi connectivity index (χ1v) is 17.6. The molecule has 1 aliphatic heterocycles. The predicted octanol–water partition coefficient (Wildman–Crippen LogP) is -0.443. The molecule has 4 rings (SSSR count). The van der Waals surface area contributed by atoms with Crippen molar-refractivity contribution >= 4 is 46.4 Å². The molecule has 1 aliphatic rings. The number of phosphoric acid groups is 3. The maximum absolute atomic E-state index is 13.2. The number of nitrogens with one attached hydrogen (secondary N) is 1. The zero-order valence-electron chi connectivity index (χ0n) is 24.3. The van der Waals surface area contributed by atoms with Gasteiger partial charge in [0.1, 0.15) is 24.3 Å². The molecule has 2 aromatic heterocycles. The van der Waals surface area contributed by atoms with E-state index in [1.165, 1.54) is 24.3 Å². The standard InChI is InChI=1S/C22H32N7O14P3/c1-28(2)19-17-20(25-10-24-19)29(11-26-17)22-18(30)16(27-21(31)14(23)8-12-4-6-13(39-3)7-5-12)15(41-22)9-40-45(35,36)43-46(37,38)42-44(32,33)34/h4-7,10-11,14-16,18,22,30H,8-9,23H2,1-3H3,(H,27,31)(H,35,36)(H,37,38)(H2,32,33,34). The van der Waals surface area contributed by atoms with Gasteiger partial charge in [0.2, 0.25) is 5.91 Å². The SMILES string of the molecule is COc1ccc(CC(N)C(=O)NC2C(COP(=O)(O)OP(=O)(O)OP(=O)(O)O)OC(n3cnc4c(N(C)C)ncnc43)C2O)cc1. The number of carbonyl (C=O) groups is 1. The fourth-order valence-electron chi connectivity index (χ4n) is 4.50. The number of methoxy groups -OCH3 is 1. The number of amides is 1. The summed E-state index contributed by atoms with van der Waals surface area (Å²) in [6, 6.07) is 4.25. The van der Waals surface area contributed by atoms with Crippen LogP contribution >= 0.6 is 23.5 Å². The molecule has 46 heavy (non-hydrogen) atoms. The number of phosphoric ester groups is 1. The summed E-state index contributed by atoms with van der Waals surface area (Å²) in [5.74, 6) is 0.280. The number of aromatic nitrogens is 4. The lowest BCUT2D eigenvalue weighted by Gasteiger charge is -2.24. The van der Waals surface area contributed by atoms with E-state index in [4.69, 9.17) is 29.5 Å². The summed E-state index contributed by atoms with van der Waals surface area (Å²) in [6.45, 7) is -0.972. The first-order valence-electron chi connectivity index (χ1n) is 13.1. The smallest absolute Gasteiger partial charge is 0.490 e. The first-order chi connectivity index (χ1) is 21.4. The lowest BCUT2D eigenvalue weighted by Crippen LogP contribution is -2.53. The Balaban J connectivity index is 1.57. The molecular weight excluding hydrogens is 679 g/mol. The van der Waals surface area contributed by atoms with Crippen LogP contribution in [0.25, 0.3) is 11.2 Å². The number of carbonyl (C=O) groups excluding carboxylic acids is 1. The van der Waals surface area contributed by atoms with Crippen molar-refractivity contribution in [2.75, 3.05) is 32.7 Å². The normalized spacial score (nSPS) is 23.4. The topological polar surface area (TPSA) is 300 Å². The van der Waals surface area contributed by atoms with Gasteiger partial charge in [-0.05, 0) is 24.1 Å². The second-order valence-electron chi connectivity index (χ2n) is 10.1. The minimum atomic E-state index is -5.81. The van der Waals surface area contributed by atoms with Gasteiger partial charge in [-0.2, -0.15) is 8.62 Å². The number of nitrogens with two attached hydrogens (primary N) is 1. The molecule has 7 atom stereocenters. The van der Waals surface area contributed by atoms with E-state index in [9.17, 15) is 33.4 Å². The van der Waals surface area contributed by atoms with E-state index in [2.05, 4.69) is 28.9 Å². The number of aliphatic hydroxyl groups is 1. The third kappa shape index (κ3) is 8.93. The Morgan fingerprint density at radius 2 is 1.76 bits per heavy atom. The minimum absolute atomic E-state index is 0.0749. The van der Waals surface area contributed by atoms with Gasteiger partial charge in [-0.15, -0.1) is 0 Å². The number of imidazole rings is 1. The number of benzene rings is 1. The van der Waals surface area contributed by atoms with Crippen molar-refractivity contribution in [3.8, 4) is 5.75 Å². The molecule has 3 aromatic rings. The number of aliphatic hydroxyl groups excluding tert-OH is 1. The van der Waals surface area contributed by atoms with Crippen LogP contribution in [0.3, 0.4) is 0 Å². The fourth-order valence-corrected chi connectivity index (χ4v) is 7.53. The zero-order chi connectivity index (χ0) is 34.0. The molecule has 21 nitrogen and oxygen atoms in total. The lowest BCUT2D eigenvalue weighted by molar-refractivity contribution is -0.124. The van der Waals surface area contributed by atoms with Gasteiger partial charge in [0, 0.05) is 14.1 Å². The van der Waals surface area contributed by atoms with Crippen molar-refractivity contribution in [1.82, 2.24) is 24.8 Å². The largest absolute Gasteiger partial charge is 0.497 e. The van der Waals surface area contributed by atoms with Gasteiger partial charge in [0.25, 0.3) is 0 Å². The minimum Gasteiger partial charge on any atom is -0.497 e. The van der Waals surface area contributed by atoms with Gasteiger partial charge in [0.15, 0.2) is 23.2 Å².